The summed E-state index contributed by atoms with van der Waals surface area (Å²) in [5.41, 5.74) is 2.10. The maximum atomic E-state index is 11.8. The van der Waals surface area contributed by atoms with E-state index in [2.05, 4.69) is 17.7 Å². The van der Waals surface area contributed by atoms with Gasteiger partial charge in [-0.05, 0) is 25.1 Å². The molecular formula is C14H16N2O2S. The van der Waals surface area contributed by atoms with Crippen LogP contribution in [0.3, 0.4) is 0 Å². The maximum absolute atomic E-state index is 11.8. The van der Waals surface area contributed by atoms with Crippen molar-refractivity contribution in [3.05, 3.63) is 46.2 Å². The zero-order chi connectivity index (χ0) is 13.8. The lowest BCUT2D eigenvalue weighted by Crippen LogP contribution is -2.23. The first-order chi connectivity index (χ1) is 9.17. The monoisotopic (exact) mass is 276 g/mol. The summed E-state index contributed by atoms with van der Waals surface area (Å²) in [7, 11) is 1.64. The SMILES string of the molecule is CCOc1ccccc1-c1cc(CS)c(=O)n(C)n1. The average Bonchev–Trinajstić information content (AvgIpc) is 2.43. The van der Waals surface area contributed by atoms with Crippen LogP contribution < -0.4 is 10.3 Å². The number of hydrogen-bond donors (Lipinski definition) is 1. The van der Waals surface area contributed by atoms with Gasteiger partial charge in [-0.25, -0.2) is 4.68 Å². The van der Waals surface area contributed by atoms with Crippen molar-refractivity contribution >= 4 is 12.6 Å². The quantitative estimate of drug-likeness (QED) is 0.871. The molecule has 0 saturated carbocycles. The molecule has 1 heterocycles. The molecule has 5 heteroatoms. The Kier molecular flexibility index (Phi) is 4.27. The molecule has 0 aliphatic heterocycles. The predicted molar refractivity (Wildman–Crippen MR) is 78.8 cm³/mol. The number of benzene rings is 1. The Hall–Kier alpha value is -1.75. The molecule has 0 aliphatic rings. The van der Waals surface area contributed by atoms with E-state index in [0.717, 1.165) is 17.0 Å². The molecule has 2 rings (SSSR count). The standard InChI is InChI=1S/C14H16N2O2S/c1-3-18-13-7-5-4-6-11(13)12-8-10(9-19)14(17)16(2)15-12/h4-8,19H,3,9H2,1-2H3. The van der Waals surface area contributed by atoms with Gasteiger partial charge in [-0.15, -0.1) is 0 Å². The maximum Gasteiger partial charge on any atom is 0.270 e. The molecule has 0 N–H and O–H groups in total. The van der Waals surface area contributed by atoms with E-state index in [-0.39, 0.29) is 5.56 Å². The largest absolute Gasteiger partial charge is 0.493 e. The molecule has 0 unspecified atom stereocenters. The van der Waals surface area contributed by atoms with Crippen LogP contribution >= 0.6 is 12.6 Å². The Labute approximate surface area is 117 Å². The highest BCUT2D eigenvalue weighted by molar-refractivity contribution is 7.79. The number of nitrogens with zero attached hydrogens (tertiary/aromatic N) is 2. The number of thiol groups is 1. The minimum atomic E-state index is -0.118. The van der Waals surface area contributed by atoms with Crippen LogP contribution in [0.1, 0.15) is 12.5 Å². The Bertz CT molecular complexity index is 638. The van der Waals surface area contributed by atoms with Crippen molar-refractivity contribution in [2.24, 2.45) is 7.05 Å². The van der Waals surface area contributed by atoms with Crippen molar-refractivity contribution in [2.75, 3.05) is 6.61 Å². The Morgan fingerprint density at radius 3 is 2.79 bits per heavy atom. The highest BCUT2D eigenvalue weighted by Gasteiger charge is 2.10. The first-order valence-electron chi connectivity index (χ1n) is 6.07. The van der Waals surface area contributed by atoms with Crippen molar-refractivity contribution in [1.29, 1.82) is 0 Å². The Morgan fingerprint density at radius 2 is 2.11 bits per heavy atom. The fourth-order valence-electron chi connectivity index (χ4n) is 1.87. The normalized spacial score (nSPS) is 10.5. The van der Waals surface area contributed by atoms with Crippen LogP contribution in [0.2, 0.25) is 0 Å². The van der Waals surface area contributed by atoms with Gasteiger partial charge in [0.05, 0.1) is 12.3 Å². The van der Waals surface area contributed by atoms with Gasteiger partial charge in [0, 0.05) is 23.9 Å². The molecule has 0 fully saturated rings. The zero-order valence-corrected chi connectivity index (χ0v) is 11.9. The molecule has 1 aromatic heterocycles. The van der Waals surface area contributed by atoms with E-state index in [4.69, 9.17) is 4.74 Å². The molecule has 19 heavy (non-hydrogen) atoms. The van der Waals surface area contributed by atoms with Gasteiger partial charge in [-0.3, -0.25) is 4.79 Å². The topological polar surface area (TPSA) is 44.1 Å². The number of aromatic nitrogens is 2. The van der Waals surface area contributed by atoms with Gasteiger partial charge in [0.2, 0.25) is 0 Å². The van der Waals surface area contributed by atoms with Crippen LogP contribution in [0, 0.1) is 0 Å². The number of para-hydroxylation sites is 1. The van der Waals surface area contributed by atoms with Crippen molar-refractivity contribution in [3.8, 4) is 17.0 Å². The van der Waals surface area contributed by atoms with Gasteiger partial charge in [0.25, 0.3) is 5.56 Å². The lowest BCUT2D eigenvalue weighted by molar-refractivity contribution is 0.341. The summed E-state index contributed by atoms with van der Waals surface area (Å²) in [4.78, 5) is 11.8. The first kappa shape index (κ1) is 13.7. The van der Waals surface area contributed by atoms with Crippen LogP contribution in [0.25, 0.3) is 11.3 Å². The van der Waals surface area contributed by atoms with Gasteiger partial charge in [0.1, 0.15) is 5.75 Å². The molecule has 0 amide bonds. The summed E-state index contributed by atoms with van der Waals surface area (Å²) in [6.07, 6.45) is 0. The molecule has 0 aliphatic carbocycles. The van der Waals surface area contributed by atoms with Gasteiger partial charge in [0.15, 0.2) is 0 Å². The van der Waals surface area contributed by atoms with Crippen LogP contribution in [0.4, 0.5) is 0 Å². The van der Waals surface area contributed by atoms with E-state index < -0.39 is 0 Å². The van der Waals surface area contributed by atoms with Gasteiger partial charge in [-0.1, -0.05) is 12.1 Å². The van der Waals surface area contributed by atoms with Crippen molar-refractivity contribution in [3.63, 3.8) is 0 Å². The molecule has 2 aromatic rings. The summed E-state index contributed by atoms with van der Waals surface area (Å²) in [5, 5.41) is 4.28. The van der Waals surface area contributed by atoms with E-state index in [1.807, 2.05) is 31.2 Å². The van der Waals surface area contributed by atoms with E-state index >= 15 is 0 Å². The van der Waals surface area contributed by atoms with Gasteiger partial charge >= 0.3 is 0 Å². The summed E-state index contributed by atoms with van der Waals surface area (Å²) in [6.45, 7) is 2.52. The van der Waals surface area contributed by atoms with Gasteiger partial charge in [-0.2, -0.15) is 17.7 Å². The average molecular weight is 276 g/mol. The van der Waals surface area contributed by atoms with Gasteiger partial charge < -0.3 is 4.74 Å². The molecule has 1 aromatic carbocycles. The number of hydrogen-bond acceptors (Lipinski definition) is 4. The van der Waals surface area contributed by atoms with E-state index in [0.29, 0.717) is 17.9 Å². The molecule has 100 valence electrons. The van der Waals surface area contributed by atoms with E-state index in [1.165, 1.54) is 4.68 Å². The lowest BCUT2D eigenvalue weighted by Gasteiger charge is -2.11. The summed E-state index contributed by atoms with van der Waals surface area (Å²) < 4.78 is 6.93. The minimum absolute atomic E-state index is 0.118. The molecule has 0 saturated heterocycles. The lowest BCUT2D eigenvalue weighted by atomic mass is 10.1. The molecule has 0 atom stereocenters. The second-order valence-electron chi connectivity index (χ2n) is 4.07. The number of rotatable bonds is 4. The highest BCUT2D eigenvalue weighted by atomic mass is 32.1. The third-order valence-corrected chi connectivity index (χ3v) is 3.11. The van der Waals surface area contributed by atoms with Crippen LogP contribution in [-0.2, 0) is 12.8 Å². The first-order valence-corrected chi connectivity index (χ1v) is 6.71. The predicted octanol–water partition coefficient (Wildman–Crippen LogP) is 2.28. The molecule has 0 radical (unpaired) electrons. The van der Waals surface area contributed by atoms with Crippen LogP contribution in [-0.4, -0.2) is 16.4 Å². The Balaban J connectivity index is 2.59. The second-order valence-corrected chi connectivity index (χ2v) is 4.39. The Morgan fingerprint density at radius 1 is 1.37 bits per heavy atom. The zero-order valence-electron chi connectivity index (χ0n) is 11.0. The summed E-state index contributed by atoms with van der Waals surface area (Å²) in [5.74, 6) is 1.15. The summed E-state index contributed by atoms with van der Waals surface area (Å²) >= 11 is 4.18. The fourth-order valence-corrected chi connectivity index (χ4v) is 2.10. The van der Waals surface area contributed by atoms with Crippen molar-refractivity contribution in [2.45, 2.75) is 12.7 Å². The molecule has 4 nitrogen and oxygen atoms in total. The molecule has 0 bridgehead atoms. The summed E-state index contributed by atoms with van der Waals surface area (Å²) in [6, 6.07) is 9.43. The number of ether oxygens (including phenoxy) is 1. The number of aryl methyl sites for hydroxylation is 1. The molecule has 0 spiro atoms. The van der Waals surface area contributed by atoms with Crippen molar-refractivity contribution < 1.29 is 4.74 Å². The smallest absolute Gasteiger partial charge is 0.270 e. The second kappa shape index (κ2) is 5.93. The minimum Gasteiger partial charge on any atom is -0.493 e. The molecular weight excluding hydrogens is 260 g/mol. The third-order valence-electron chi connectivity index (χ3n) is 2.77. The van der Waals surface area contributed by atoms with Crippen molar-refractivity contribution in [1.82, 2.24) is 9.78 Å². The van der Waals surface area contributed by atoms with Crippen LogP contribution in [0.15, 0.2) is 35.1 Å². The van der Waals surface area contributed by atoms with E-state index in [9.17, 15) is 4.79 Å². The van der Waals surface area contributed by atoms with E-state index in [1.54, 1.807) is 13.1 Å². The third kappa shape index (κ3) is 2.81. The fraction of sp³-hybridized carbons (Fsp3) is 0.286. The van der Waals surface area contributed by atoms with Crippen LogP contribution in [0.5, 0.6) is 5.75 Å². The highest BCUT2D eigenvalue weighted by Crippen LogP contribution is 2.28.